The zero-order valence-electron chi connectivity index (χ0n) is 8.81. The Kier molecular flexibility index (Phi) is 8.64. The molecule has 0 aliphatic rings. The average Bonchev–Trinajstić information content (AvgIpc) is 2.09. The van der Waals surface area contributed by atoms with Crippen molar-refractivity contribution in [3.8, 4) is 0 Å². The van der Waals surface area contributed by atoms with Crippen LogP contribution in [0.1, 0.15) is 58.8 Å². The van der Waals surface area contributed by atoms with E-state index < -0.39 is 0 Å². The zero-order valence-corrected chi connectivity index (χ0v) is 8.81. The van der Waals surface area contributed by atoms with E-state index in [1.807, 2.05) is 6.08 Å². The molecule has 12 heavy (non-hydrogen) atoms. The highest BCUT2D eigenvalue weighted by atomic mass is 14.1. The lowest BCUT2D eigenvalue weighted by atomic mass is 9.97. The summed E-state index contributed by atoms with van der Waals surface area (Å²) < 4.78 is 0. The lowest BCUT2D eigenvalue weighted by molar-refractivity contribution is 0.450. The smallest absolute Gasteiger partial charge is 0.0353 e. The third-order valence-corrected chi connectivity index (χ3v) is 2.41. The number of unbranched alkanes of at least 4 members (excludes halogenated alkanes) is 3. The van der Waals surface area contributed by atoms with Crippen LogP contribution in [0.2, 0.25) is 0 Å². The van der Waals surface area contributed by atoms with Gasteiger partial charge in [-0.3, -0.25) is 0 Å². The summed E-state index contributed by atoms with van der Waals surface area (Å²) in [6.07, 6.45) is 11.5. The molecule has 0 aromatic carbocycles. The summed E-state index contributed by atoms with van der Waals surface area (Å²) in [5.74, 6) is 0.940. The van der Waals surface area contributed by atoms with Gasteiger partial charge >= 0.3 is 0 Å². The maximum absolute atomic E-state index is 3.73. The van der Waals surface area contributed by atoms with Crippen molar-refractivity contribution in [1.82, 2.24) is 0 Å². The molecule has 72 valence electrons. The number of rotatable bonds is 8. The van der Waals surface area contributed by atoms with Gasteiger partial charge in [0.25, 0.3) is 0 Å². The highest BCUT2D eigenvalue weighted by Crippen LogP contribution is 2.15. The molecule has 0 aliphatic carbocycles. The second-order valence-corrected chi connectivity index (χ2v) is 3.82. The van der Waals surface area contributed by atoms with Crippen LogP contribution in [0.5, 0.6) is 0 Å². The van der Waals surface area contributed by atoms with E-state index in [2.05, 4.69) is 20.4 Å². The Bertz CT molecular complexity index is 94.2. The third-order valence-electron chi connectivity index (χ3n) is 2.41. The van der Waals surface area contributed by atoms with E-state index in [1.54, 1.807) is 0 Å². The maximum Gasteiger partial charge on any atom is -0.0353 e. The average molecular weight is 168 g/mol. The minimum atomic E-state index is 0.940. The Balaban J connectivity index is 3.07. The summed E-state index contributed by atoms with van der Waals surface area (Å²) in [6, 6.07) is 0. The molecule has 0 saturated heterocycles. The first-order chi connectivity index (χ1) is 5.81. The van der Waals surface area contributed by atoms with E-state index in [9.17, 15) is 0 Å². The van der Waals surface area contributed by atoms with E-state index in [1.165, 1.54) is 44.9 Å². The predicted molar refractivity (Wildman–Crippen MR) is 57.4 cm³/mol. The largest absolute Gasteiger partial charge is 0.103 e. The summed E-state index contributed by atoms with van der Waals surface area (Å²) >= 11 is 0. The minimum Gasteiger partial charge on any atom is -0.103 e. The molecular formula is C12H24. The number of hydrogen-bond donors (Lipinski definition) is 0. The van der Waals surface area contributed by atoms with Gasteiger partial charge in [0.1, 0.15) is 0 Å². The fraction of sp³-hybridized carbons (Fsp3) is 0.833. The van der Waals surface area contributed by atoms with Crippen LogP contribution in [0.3, 0.4) is 0 Å². The zero-order chi connectivity index (χ0) is 9.23. The van der Waals surface area contributed by atoms with Crippen molar-refractivity contribution in [3.05, 3.63) is 12.7 Å². The molecule has 0 nitrogen and oxygen atoms in total. The van der Waals surface area contributed by atoms with Crippen LogP contribution < -0.4 is 0 Å². The molecule has 0 aromatic rings. The fourth-order valence-electron chi connectivity index (χ4n) is 1.48. The standard InChI is InChI=1S/C12H24/c1-4-6-8-9-11-12(3)10-7-5-2/h4,12H,1,5-11H2,2-3H3. The Morgan fingerprint density at radius 3 is 2.42 bits per heavy atom. The van der Waals surface area contributed by atoms with Crippen LogP contribution in [0.15, 0.2) is 12.7 Å². The first-order valence-electron chi connectivity index (χ1n) is 5.42. The molecule has 0 N–H and O–H groups in total. The van der Waals surface area contributed by atoms with Gasteiger partial charge in [-0.2, -0.15) is 0 Å². The first-order valence-corrected chi connectivity index (χ1v) is 5.42. The van der Waals surface area contributed by atoms with Crippen molar-refractivity contribution >= 4 is 0 Å². The molecule has 0 fully saturated rings. The van der Waals surface area contributed by atoms with Gasteiger partial charge in [-0.15, -0.1) is 6.58 Å². The molecule has 0 bridgehead atoms. The third kappa shape index (κ3) is 7.84. The van der Waals surface area contributed by atoms with Crippen molar-refractivity contribution in [3.63, 3.8) is 0 Å². The fourth-order valence-corrected chi connectivity index (χ4v) is 1.48. The summed E-state index contributed by atoms with van der Waals surface area (Å²) in [7, 11) is 0. The molecule has 0 spiro atoms. The Morgan fingerprint density at radius 1 is 1.17 bits per heavy atom. The molecular weight excluding hydrogens is 144 g/mol. The molecule has 0 saturated carbocycles. The van der Waals surface area contributed by atoms with Gasteiger partial charge < -0.3 is 0 Å². The van der Waals surface area contributed by atoms with Crippen molar-refractivity contribution in [1.29, 1.82) is 0 Å². The van der Waals surface area contributed by atoms with E-state index >= 15 is 0 Å². The van der Waals surface area contributed by atoms with Gasteiger partial charge in [-0.25, -0.2) is 0 Å². The number of hydrogen-bond acceptors (Lipinski definition) is 0. The van der Waals surface area contributed by atoms with Crippen LogP contribution >= 0.6 is 0 Å². The normalized spacial score (nSPS) is 12.8. The van der Waals surface area contributed by atoms with Crippen molar-refractivity contribution < 1.29 is 0 Å². The highest BCUT2D eigenvalue weighted by Gasteiger charge is 1.99. The van der Waals surface area contributed by atoms with Gasteiger partial charge in [0.05, 0.1) is 0 Å². The van der Waals surface area contributed by atoms with Crippen LogP contribution in [0, 0.1) is 5.92 Å². The molecule has 0 rings (SSSR count). The highest BCUT2D eigenvalue weighted by molar-refractivity contribution is 4.66. The van der Waals surface area contributed by atoms with Crippen LogP contribution in [0.25, 0.3) is 0 Å². The van der Waals surface area contributed by atoms with Crippen LogP contribution in [-0.2, 0) is 0 Å². The lowest BCUT2D eigenvalue weighted by Gasteiger charge is -2.09. The molecule has 0 radical (unpaired) electrons. The maximum atomic E-state index is 3.73. The van der Waals surface area contributed by atoms with Gasteiger partial charge in [-0.1, -0.05) is 52.0 Å². The molecule has 0 amide bonds. The van der Waals surface area contributed by atoms with Crippen molar-refractivity contribution in [2.45, 2.75) is 58.8 Å². The van der Waals surface area contributed by atoms with Crippen molar-refractivity contribution in [2.75, 3.05) is 0 Å². The monoisotopic (exact) mass is 168 g/mol. The second-order valence-electron chi connectivity index (χ2n) is 3.82. The summed E-state index contributed by atoms with van der Waals surface area (Å²) in [5, 5.41) is 0. The Morgan fingerprint density at radius 2 is 1.83 bits per heavy atom. The summed E-state index contributed by atoms with van der Waals surface area (Å²) in [5.41, 5.74) is 0. The minimum absolute atomic E-state index is 0.940. The SMILES string of the molecule is C=CCCCCC(C)CCCC. The molecule has 1 unspecified atom stereocenters. The van der Waals surface area contributed by atoms with Gasteiger partial charge in [0.2, 0.25) is 0 Å². The van der Waals surface area contributed by atoms with Gasteiger partial charge in [-0.05, 0) is 18.8 Å². The quantitative estimate of drug-likeness (QED) is 0.368. The van der Waals surface area contributed by atoms with E-state index in [0.717, 1.165) is 5.92 Å². The molecule has 0 aromatic heterocycles. The topological polar surface area (TPSA) is 0 Å². The Labute approximate surface area is 78.1 Å². The van der Waals surface area contributed by atoms with Gasteiger partial charge in [0.15, 0.2) is 0 Å². The summed E-state index contributed by atoms with van der Waals surface area (Å²) in [4.78, 5) is 0. The van der Waals surface area contributed by atoms with Crippen LogP contribution in [-0.4, -0.2) is 0 Å². The van der Waals surface area contributed by atoms with Crippen LogP contribution in [0.4, 0.5) is 0 Å². The number of allylic oxidation sites excluding steroid dienone is 1. The lowest BCUT2D eigenvalue weighted by Crippen LogP contribution is -1.93. The molecule has 0 heterocycles. The first kappa shape index (κ1) is 11.7. The van der Waals surface area contributed by atoms with E-state index in [-0.39, 0.29) is 0 Å². The molecule has 1 atom stereocenters. The summed E-state index contributed by atoms with van der Waals surface area (Å²) in [6.45, 7) is 8.37. The second kappa shape index (κ2) is 8.83. The predicted octanol–water partition coefficient (Wildman–Crippen LogP) is 4.56. The Hall–Kier alpha value is -0.260. The van der Waals surface area contributed by atoms with Crippen molar-refractivity contribution in [2.24, 2.45) is 5.92 Å². The van der Waals surface area contributed by atoms with E-state index in [4.69, 9.17) is 0 Å². The van der Waals surface area contributed by atoms with E-state index in [0.29, 0.717) is 0 Å². The molecule has 0 aliphatic heterocycles. The van der Waals surface area contributed by atoms with Gasteiger partial charge in [0, 0.05) is 0 Å². The molecule has 0 heteroatoms.